The van der Waals surface area contributed by atoms with Crippen LogP contribution in [0.4, 0.5) is 0 Å². The van der Waals surface area contributed by atoms with E-state index in [2.05, 4.69) is 17.6 Å². The fourth-order valence-electron chi connectivity index (χ4n) is 2.52. The van der Waals surface area contributed by atoms with Crippen molar-refractivity contribution in [3.05, 3.63) is 65.7 Å². The Morgan fingerprint density at radius 1 is 0.926 bits per heavy atom. The third-order valence-electron chi connectivity index (χ3n) is 4.11. The first-order valence-corrected chi connectivity index (χ1v) is 9.50. The lowest BCUT2D eigenvalue weighted by Gasteiger charge is -2.08. The van der Waals surface area contributed by atoms with Crippen molar-refractivity contribution in [3.63, 3.8) is 0 Å². The maximum absolute atomic E-state index is 12.0. The summed E-state index contributed by atoms with van der Waals surface area (Å²) in [4.78, 5) is 23.9. The average Bonchev–Trinajstić information content (AvgIpc) is 2.71. The van der Waals surface area contributed by atoms with E-state index >= 15 is 0 Å². The molecule has 2 aromatic carbocycles. The third kappa shape index (κ3) is 7.94. The summed E-state index contributed by atoms with van der Waals surface area (Å²) in [6, 6.07) is 16.7. The van der Waals surface area contributed by atoms with Gasteiger partial charge in [-0.3, -0.25) is 9.59 Å². The molecule has 0 saturated heterocycles. The van der Waals surface area contributed by atoms with Crippen LogP contribution in [-0.4, -0.2) is 25.0 Å². The van der Waals surface area contributed by atoms with Crippen LogP contribution >= 0.6 is 0 Å². The van der Waals surface area contributed by atoms with Gasteiger partial charge in [0, 0.05) is 18.7 Å². The molecule has 27 heavy (non-hydrogen) atoms. The van der Waals surface area contributed by atoms with Crippen molar-refractivity contribution in [1.82, 2.24) is 10.6 Å². The normalized spacial score (nSPS) is 10.3. The highest BCUT2D eigenvalue weighted by Crippen LogP contribution is 2.08. The highest BCUT2D eigenvalue weighted by atomic mass is 16.5. The lowest BCUT2D eigenvalue weighted by Crippen LogP contribution is -2.25. The van der Waals surface area contributed by atoms with E-state index in [0.717, 1.165) is 30.6 Å². The maximum atomic E-state index is 12.0. The largest absolute Gasteiger partial charge is 0.493 e. The van der Waals surface area contributed by atoms with Crippen LogP contribution in [0.15, 0.2) is 54.6 Å². The Balaban J connectivity index is 1.66. The quantitative estimate of drug-likeness (QED) is 0.595. The SMILES string of the molecule is CCCCCNC(=O)c1ccc(CNC(=O)CCOc2ccccc2)cc1. The minimum atomic E-state index is -0.0660. The van der Waals surface area contributed by atoms with Crippen LogP contribution in [0, 0.1) is 0 Å². The van der Waals surface area contributed by atoms with E-state index < -0.39 is 0 Å². The molecule has 144 valence electrons. The summed E-state index contributed by atoms with van der Waals surface area (Å²) in [5, 5.41) is 5.78. The smallest absolute Gasteiger partial charge is 0.251 e. The number of carbonyl (C=O) groups is 2. The first kappa shape index (κ1) is 20.5. The Bertz CT molecular complexity index is 699. The Kier molecular flexibility index (Phi) is 8.90. The molecular formula is C22H28N2O3. The summed E-state index contributed by atoms with van der Waals surface area (Å²) in [6.45, 7) is 3.61. The van der Waals surface area contributed by atoms with Crippen LogP contribution in [0.25, 0.3) is 0 Å². The first-order chi connectivity index (χ1) is 13.2. The second kappa shape index (κ2) is 11.7. The molecule has 5 heteroatoms. The van der Waals surface area contributed by atoms with Gasteiger partial charge in [-0.25, -0.2) is 0 Å². The number of rotatable bonds is 11. The summed E-state index contributed by atoms with van der Waals surface area (Å²) < 4.78 is 5.51. The summed E-state index contributed by atoms with van der Waals surface area (Å²) in [7, 11) is 0. The lowest BCUT2D eigenvalue weighted by atomic mass is 10.1. The molecule has 0 aliphatic rings. The summed E-state index contributed by atoms with van der Waals surface area (Å²) in [5.74, 6) is 0.636. The molecule has 0 spiro atoms. The molecule has 2 amide bonds. The van der Waals surface area contributed by atoms with Gasteiger partial charge in [-0.1, -0.05) is 50.1 Å². The number of unbranched alkanes of at least 4 members (excludes halogenated alkanes) is 2. The predicted octanol–water partition coefficient (Wildman–Crippen LogP) is 3.69. The molecule has 0 atom stereocenters. The van der Waals surface area contributed by atoms with Crippen molar-refractivity contribution in [2.24, 2.45) is 0 Å². The second-order valence-corrected chi connectivity index (χ2v) is 6.35. The topological polar surface area (TPSA) is 67.4 Å². The van der Waals surface area contributed by atoms with E-state index in [9.17, 15) is 9.59 Å². The van der Waals surface area contributed by atoms with Gasteiger partial charge in [0.15, 0.2) is 0 Å². The van der Waals surface area contributed by atoms with Crippen LogP contribution in [-0.2, 0) is 11.3 Å². The third-order valence-corrected chi connectivity index (χ3v) is 4.11. The molecule has 0 aromatic heterocycles. The van der Waals surface area contributed by atoms with Crippen LogP contribution < -0.4 is 15.4 Å². The highest BCUT2D eigenvalue weighted by Gasteiger charge is 2.06. The number of para-hydroxylation sites is 1. The zero-order valence-corrected chi connectivity index (χ0v) is 15.9. The second-order valence-electron chi connectivity index (χ2n) is 6.35. The molecule has 5 nitrogen and oxygen atoms in total. The van der Waals surface area contributed by atoms with E-state index in [1.165, 1.54) is 0 Å². The minimum Gasteiger partial charge on any atom is -0.493 e. The predicted molar refractivity (Wildman–Crippen MR) is 107 cm³/mol. The van der Waals surface area contributed by atoms with Crippen molar-refractivity contribution in [2.45, 2.75) is 39.2 Å². The number of ether oxygens (including phenoxy) is 1. The molecule has 0 saturated carbocycles. The van der Waals surface area contributed by atoms with Gasteiger partial charge in [0.1, 0.15) is 5.75 Å². The Hall–Kier alpha value is -2.82. The molecule has 0 aliphatic carbocycles. The zero-order chi connectivity index (χ0) is 19.3. The monoisotopic (exact) mass is 368 g/mol. The molecule has 0 radical (unpaired) electrons. The van der Waals surface area contributed by atoms with E-state index in [1.54, 1.807) is 12.1 Å². The Labute approximate surface area is 161 Å². The Morgan fingerprint density at radius 3 is 2.37 bits per heavy atom. The summed E-state index contributed by atoms with van der Waals surface area (Å²) >= 11 is 0. The number of nitrogens with one attached hydrogen (secondary N) is 2. The Morgan fingerprint density at radius 2 is 1.67 bits per heavy atom. The van der Waals surface area contributed by atoms with Gasteiger partial charge in [0.2, 0.25) is 5.91 Å². The van der Waals surface area contributed by atoms with E-state index in [4.69, 9.17) is 4.74 Å². The number of carbonyl (C=O) groups excluding carboxylic acids is 2. The molecule has 2 rings (SSSR count). The molecule has 2 aromatic rings. The number of benzene rings is 2. The number of hydrogen-bond donors (Lipinski definition) is 2. The van der Waals surface area contributed by atoms with Crippen LogP contribution in [0.3, 0.4) is 0 Å². The first-order valence-electron chi connectivity index (χ1n) is 9.50. The van der Waals surface area contributed by atoms with Gasteiger partial charge in [-0.2, -0.15) is 0 Å². The molecule has 2 N–H and O–H groups in total. The average molecular weight is 368 g/mol. The van der Waals surface area contributed by atoms with Gasteiger partial charge in [-0.05, 0) is 36.2 Å². The summed E-state index contributed by atoms with van der Waals surface area (Å²) in [6.07, 6.45) is 3.55. The summed E-state index contributed by atoms with van der Waals surface area (Å²) in [5.41, 5.74) is 1.59. The molecule has 0 unspecified atom stereocenters. The fraction of sp³-hybridized carbons (Fsp3) is 0.364. The number of amides is 2. The number of hydrogen-bond acceptors (Lipinski definition) is 3. The van der Waals surface area contributed by atoms with E-state index in [0.29, 0.717) is 31.7 Å². The van der Waals surface area contributed by atoms with Gasteiger partial charge in [-0.15, -0.1) is 0 Å². The van der Waals surface area contributed by atoms with Crippen molar-refractivity contribution >= 4 is 11.8 Å². The minimum absolute atomic E-state index is 0.0558. The molecule has 0 aliphatic heterocycles. The van der Waals surface area contributed by atoms with Crippen LogP contribution in [0.2, 0.25) is 0 Å². The molecule has 0 heterocycles. The zero-order valence-electron chi connectivity index (χ0n) is 15.9. The van der Waals surface area contributed by atoms with Gasteiger partial charge < -0.3 is 15.4 Å². The van der Waals surface area contributed by atoms with Gasteiger partial charge >= 0.3 is 0 Å². The molecular weight excluding hydrogens is 340 g/mol. The molecule has 0 fully saturated rings. The van der Waals surface area contributed by atoms with E-state index in [-0.39, 0.29) is 11.8 Å². The van der Waals surface area contributed by atoms with Crippen LogP contribution in [0.5, 0.6) is 5.75 Å². The van der Waals surface area contributed by atoms with Crippen LogP contribution in [0.1, 0.15) is 48.5 Å². The van der Waals surface area contributed by atoms with Crippen molar-refractivity contribution in [3.8, 4) is 5.75 Å². The van der Waals surface area contributed by atoms with Crippen molar-refractivity contribution < 1.29 is 14.3 Å². The maximum Gasteiger partial charge on any atom is 0.251 e. The van der Waals surface area contributed by atoms with Crippen molar-refractivity contribution in [1.29, 1.82) is 0 Å². The highest BCUT2D eigenvalue weighted by molar-refractivity contribution is 5.94. The van der Waals surface area contributed by atoms with Gasteiger partial charge in [0.05, 0.1) is 13.0 Å². The molecule has 0 bridgehead atoms. The fourth-order valence-corrected chi connectivity index (χ4v) is 2.52. The van der Waals surface area contributed by atoms with Gasteiger partial charge in [0.25, 0.3) is 5.91 Å². The van der Waals surface area contributed by atoms with E-state index in [1.807, 2.05) is 42.5 Å². The standard InChI is InChI=1S/C22H28N2O3/c1-2-3-7-15-23-22(26)19-12-10-18(11-13-19)17-24-21(25)14-16-27-20-8-5-4-6-9-20/h4-6,8-13H,2-3,7,14-17H2,1H3,(H,23,26)(H,24,25). The van der Waals surface area contributed by atoms with Crippen molar-refractivity contribution in [2.75, 3.05) is 13.2 Å². The lowest BCUT2D eigenvalue weighted by molar-refractivity contribution is -0.121.